The van der Waals surface area contributed by atoms with E-state index in [-0.39, 0.29) is 25.3 Å². The van der Waals surface area contributed by atoms with Gasteiger partial charge in [-0.1, -0.05) is 36.4 Å². The molecule has 0 fully saturated rings. The van der Waals surface area contributed by atoms with E-state index in [4.69, 9.17) is 15.5 Å². The Bertz CT molecular complexity index is 1330. The van der Waals surface area contributed by atoms with Crippen molar-refractivity contribution < 1.29 is 19.1 Å². The minimum atomic E-state index is -0.909. The van der Waals surface area contributed by atoms with Crippen molar-refractivity contribution in [2.24, 2.45) is 12.8 Å². The number of carbonyl (C=O) groups is 3. The number of nitrogens with two attached hydrogens (primary N) is 1. The van der Waals surface area contributed by atoms with E-state index in [0.29, 0.717) is 5.56 Å². The summed E-state index contributed by atoms with van der Waals surface area (Å²) in [7, 11) is 1.92. The number of carbonyl (C=O) groups excluding carboxylic acids is 3. The van der Waals surface area contributed by atoms with Crippen molar-refractivity contribution in [2.45, 2.75) is 51.8 Å². The normalized spacial score (nSPS) is 14.0. The molecule has 2 heterocycles. The number of esters is 1. The maximum absolute atomic E-state index is 13.1. The van der Waals surface area contributed by atoms with E-state index in [0.717, 1.165) is 32.8 Å². The van der Waals surface area contributed by atoms with Gasteiger partial charge in [0.05, 0.1) is 0 Å². The average Bonchev–Trinajstić information content (AvgIpc) is 3.29. The fourth-order valence-electron chi connectivity index (χ4n) is 4.35. The molecule has 1 atom stereocenters. The van der Waals surface area contributed by atoms with Gasteiger partial charge in [-0.05, 0) is 60.8 Å². The number of nitrogens with zero attached hydrogens (tertiary/aromatic N) is 3. The summed E-state index contributed by atoms with van der Waals surface area (Å²) in [6, 6.07) is 14.5. The second kappa shape index (κ2) is 9.89. The van der Waals surface area contributed by atoms with Crippen molar-refractivity contribution in [2.75, 3.05) is 0 Å². The molecule has 0 spiro atoms. The minimum Gasteiger partial charge on any atom is -0.460 e. The smallest absolute Gasteiger partial charge is 0.306 e. The van der Waals surface area contributed by atoms with Crippen molar-refractivity contribution in [1.29, 1.82) is 0 Å². The van der Waals surface area contributed by atoms with Crippen LogP contribution in [0.15, 0.2) is 53.1 Å². The van der Waals surface area contributed by atoms with Crippen LogP contribution in [-0.2, 0) is 27.9 Å². The lowest BCUT2D eigenvalue weighted by atomic mass is 10.1. The van der Waals surface area contributed by atoms with E-state index in [9.17, 15) is 14.4 Å². The van der Waals surface area contributed by atoms with Crippen LogP contribution >= 0.6 is 15.9 Å². The Kier molecular flexibility index (Phi) is 7.04. The van der Waals surface area contributed by atoms with Crippen LogP contribution in [-0.4, -0.2) is 43.9 Å². The number of aromatic nitrogens is 2. The molecule has 0 saturated carbocycles. The first-order chi connectivity index (χ1) is 17.0. The number of rotatable bonds is 7. The molecule has 9 heteroatoms. The highest BCUT2D eigenvalue weighted by Crippen LogP contribution is 2.34. The molecular formula is C27H29BrN4O4. The van der Waals surface area contributed by atoms with Crippen molar-refractivity contribution in [1.82, 2.24) is 14.5 Å². The third-order valence-corrected chi connectivity index (χ3v) is 6.92. The molecule has 1 aliphatic rings. The fraction of sp³-hybridized carbons (Fsp3) is 0.333. The van der Waals surface area contributed by atoms with Crippen LogP contribution in [0, 0.1) is 0 Å². The largest absolute Gasteiger partial charge is 0.460 e. The summed E-state index contributed by atoms with van der Waals surface area (Å²) in [4.78, 5) is 43.9. The summed E-state index contributed by atoms with van der Waals surface area (Å²) in [5.74, 6) is -0.628. The zero-order valence-corrected chi connectivity index (χ0v) is 22.3. The number of fused-ring (bicyclic) bond motifs is 1. The van der Waals surface area contributed by atoms with Crippen LogP contribution in [0.5, 0.6) is 0 Å². The minimum absolute atomic E-state index is 0.0141. The van der Waals surface area contributed by atoms with Crippen LogP contribution in [0.1, 0.15) is 49.5 Å². The number of hydrogen-bond acceptors (Lipinski definition) is 5. The van der Waals surface area contributed by atoms with E-state index >= 15 is 0 Å². The monoisotopic (exact) mass is 552 g/mol. The van der Waals surface area contributed by atoms with E-state index in [1.807, 2.05) is 54.1 Å². The Morgan fingerprint density at radius 3 is 2.47 bits per heavy atom. The van der Waals surface area contributed by atoms with Crippen LogP contribution in [0.4, 0.5) is 0 Å². The van der Waals surface area contributed by atoms with Crippen LogP contribution in [0.3, 0.4) is 0 Å². The SMILES string of the molecule is Cn1c(-c2ccc3c(c2)CN(C(CCC(=O)OC(C)(C)C)C(N)=O)C3=O)nc(-c2ccccc2)c1Br. The highest BCUT2D eigenvalue weighted by Gasteiger charge is 2.36. The molecule has 4 rings (SSSR count). The average molecular weight is 553 g/mol. The molecule has 3 aromatic rings. The number of imidazole rings is 1. The third kappa shape index (κ3) is 5.21. The molecule has 0 bridgehead atoms. The fourth-order valence-corrected chi connectivity index (χ4v) is 4.84. The molecule has 1 unspecified atom stereocenters. The van der Waals surface area contributed by atoms with Gasteiger partial charge in [-0.25, -0.2) is 4.98 Å². The number of amides is 2. The summed E-state index contributed by atoms with van der Waals surface area (Å²) in [6.45, 7) is 5.55. The van der Waals surface area contributed by atoms with Gasteiger partial charge in [0.15, 0.2) is 0 Å². The van der Waals surface area contributed by atoms with Gasteiger partial charge in [-0.2, -0.15) is 0 Å². The Hall–Kier alpha value is -3.46. The molecular weight excluding hydrogens is 524 g/mol. The molecule has 0 radical (unpaired) electrons. The van der Waals surface area contributed by atoms with Crippen molar-refractivity contribution in [3.63, 3.8) is 0 Å². The molecule has 2 aromatic carbocycles. The van der Waals surface area contributed by atoms with Crippen LogP contribution in [0.25, 0.3) is 22.6 Å². The van der Waals surface area contributed by atoms with E-state index in [2.05, 4.69) is 15.9 Å². The van der Waals surface area contributed by atoms with Crippen LogP contribution < -0.4 is 5.73 Å². The van der Waals surface area contributed by atoms with Gasteiger partial charge in [0, 0.05) is 36.7 Å². The molecule has 36 heavy (non-hydrogen) atoms. The first-order valence-electron chi connectivity index (χ1n) is 11.7. The van der Waals surface area contributed by atoms with E-state index in [1.165, 1.54) is 4.90 Å². The molecule has 188 valence electrons. The summed E-state index contributed by atoms with van der Waals surface area (Å²) in [5, 5.41) is 0. The summed E-state index contributed by atoms with van der Waals surface area (Å²) in [6.07, 6.45) is 0.0867. The molecule has 2 amide bonds. The van der Waals surface area contributed by atoms with E-state index in [1.54, 1.807) is 26.8 Å². The van der Waals surface area contributed by atoms with Gasteiger partial charge >= 0.3 is 5.97 Å². The maximum Gasteiger partial charge on any atom is 0.306 e. The first-order valence-corrected chi connectivity index (χ1v) is 12.5. The number of benzene rings is 2. The van der Waals surface area contributed by atoms with Gasteiger partial charge < -0.3 is 19.9 Å². The lowest BCUT2D eigenvalue weighted by molar-refractivity contribution is -0.155. The highest BCUT2D eigenvalue weighted by molar-refractivity contribution is 9.10. The third-order valence-electron chi connectivity index (χ3n) is 6.01. The molecule has 2 N–H and O–H groups in total. The predicted molar refractivity (Wildman–Crippen MR) is 140 cm³/mol. The Morgan fingerprint density at radius 1 is 1.14 bits per heavy atom. The second-order valence-corrected chi connectivity index (χ2v) is 10.6. The quantitative estimate of drug-likeness (QED) is 0.435. The van der Waals surface area contributed by atoms with Gasteiger partial charge in [0.1, 0.15) is 27.8 Å². The second-order valence-electron chi connectivity index (χ2n) is 9.85. The zero-order chi connectivity index (χ0) is 26.2. The number of ether oxygens (including phenoxy) is 1. The van der Waals surface area contributed by atoms with Crippen molar-refractivity contribution in [3.8, 4) is 22.6 Å². The van der Waals surface area contributed by atoms with Crippen LogP contribution in [0.2, 0.25) is 0 Å². The molecule has 0 aliphatic carbocycles. The van der Waals surface area contributed by atoms with Gasteiger partial charge in [0.2, 0.25) is 5.91 Å². The van der Waals surface area contributed by atoms with Gasteiger partial charge in [0.25, 0.3) is 5.91 Å². The van der Waals surface area contributed by atoms with Gasteiger partial charge in [-0.3, -0.25) is 14.4 Å². The molecule has 1 aromatic heterocycles. The molecule has 8 nitrogen and oxygen atoms in total. The van der Waals surface area contributed by atoms with Crippen molar-refractivity contribution in [3.05, 3.63) is 64.3 Å². The van der Waals surface area contributed by atoms with Crippen molar-refractivity contribution >= 4 is 33.7 Å². The predicted octanol–water partition coefficient (Wildman–Crippen LogP) is 4.45. The standard InChI is InChI=1S/C27H29BrN4O4/c1-27(2,3)36-21(33)13-12-20(24(29)34)32-15-18-14-17(10-11-19(18)26(32)35)25-30-22(23(28)31(25)4)16-8-6-5-7-9-16/h5-11,14,20H,12-13,15H2,1-4H3,(H2,29,34). The number of hydrogen-bond donors (Lipinski definition) is 1. The topological polar surface area (TPSA) is 108 Å². The van der Waals surface area contributed by atoms with Gasteiger partial charge in [-0.15, -0.1) is 0 Å². The summed E-state index contributed by atoms with van der Waals surface area (Å²) in [5.41, 5.74) is 8.96. The Labute approximate surface area is 218 Å². The zero-order valence-electron chi connectivity index (χ0n) is 20.7. The Balaban J connectivity index is 1.57. The summed E-state index contributed by atoms with van der Waals surface area (Å²) < 4.78 is 8.13. The number of halogens is 1. The summed E-state index contributed by atoms with van der Waals surface area (Å²) >= 11 is 3.65. The van der Waals surface area contributed by atoms with E-state index < -0.39 is 23.5 Å². The Morgan fingerprint density at radius 2 is 1.83 bits per heavy atom. The highest BCUT2D eigenvalue weighted by atomic mass is 79.9. The number of primary amides is 1. The maximum atomic E-state index is 13.1. The molecule has 0 saturated heterocycles. The molecule has 1 aliphatic heterocycles. The lowest BCUT2D eigenvalue weighted by Crippen LogP contribution is -2.45. The lowest BCUT2D eigenvalue weighted by Gasteiger charge is -2.25. The first kappa shape index (κ1) is 25.6.